The van der Waals surface area contributed by atoms with E-state index in [0.29, 0.717) is 0 Å². The molecule has 1 aromatic carbocycles. The fourth-order valence-electron chi connectivity index (χ4n) is 2.96. The van der Waals surface area contributed by atoms with E-state index in [4.69, 9.17) is 0 Å². The minimum atomic E-state index is -5.32. The Morgan fingerprint density at radius 3 is 1.78 bits per heavy atom. The van der Waals surface area contributed by atoms with Crippen LogP contribution >= 0.6 is 0 Å². The zero-order valence-electron chi connectivity index (χ0n) is 15.0. The minimum absolute atomic E-state index is 0.102. The van der Waals surface area contributed by atoms with Crippen LogP contribution in [0, 0.1) is 53.6 Å². The quantitative estimate of drug-likeness (QED) is 0.275. The summed E-state index contributed by atoms with van der Waals surface area (Å²) in [5.74, 6) is -4.60. The van der Waals surface area contributed by atoms with Crippen LogP contribution in [0.5, 0.6) is 0 Å². The van der Waals surface area contributed by atoms with Crippen LogP contribution in [0.2, 0.25) is 0 Å². The molecular weight excluding hydrogens is 458 g/mol. The van der Waals surface area contributed by atoms with Gasteiger partial charge in [-0.05, 0) is 33.6 Å². The van der Waals surface area contributed by atoms with Gasteiger partial charge in [-0.1, -0.05) is 6.08 Å². The molecule has 1 aliphatic rings. The van der Waals surface area contributed by atoms with Crippen molar-refractivity contribution in [2.75, 3.05) is 0 Å². The highest BCUT2D eigenvalue weighted by atomic mass is 19.4. The van der Waals surface area contributed by atoms with Crippen LogP contribution in [-0.4, -0.2) is 14.8 Å². The van der Waals surface area contributed by atoms with Gasteiger partial charge in [0.1, 0.15) is 11.7 Å². The Kier molecular flexibility index (Phi) is 6.15. The number of halogens is 6. The molecule has 16 heteroatoms. The van der Waals surface area contributed by atoms with Crippen LogP contribution in [-0.2, 0) is 12.4 Å². The Bertz CT molecular complexity index is 1060. The number of benzene rings is 1. The fourth-order valence-corrected chi connectivity index (χ4v) is 2.96. The first kappa shape index (κ1) is 24.1. The van der Waals surface area contributed by atoms with E-state index >= 15 is 0 Å². The predicted molar refractivity (Wildman–Crippen MR) is 88.7 cm³/mol. The molecule has 2 rings (SSSR count). The smallest absolute Gasteiger partial charge is 0.277 e. The largest absolute Gasteiger partial charge is 0.416 e. The Labute approximate surface area is 172 Å². The van der Waals surface area contributed by atoms with Crippen molar-refractivity contribution in [2.24, 2.45) is 5.92 Å². The molecule has 0 heterocycles. The zero-order valence-corrected chi connectivity index (χ0v) is 15.0. The number of nitro groups is 3. The summed E-state index contributed by atoms with van der Waals surface area (Å²) in [6, 6.07) is -0.115. The molecule has 0 amide bonds. The Morgan fingerprint density at radius 1 is 0.938 bits per heavy atom. The molecule has 0 saturated carbocycles. The van der Waals surface area contributed by atoms with E-state index in [2.05, 4.69) is 0 Å². The van der Waals surface area contributed by atoms with Crippen molar-refractivity contribution in [3.63, 3.8) is 0 Å². The maximum absolute atomic E-state index is 13.1. The van der Waals surface area contributed by atoms with Crippen molar-refractivity contribution in [3.8, 4) is 6.07 Å². The number of rotatable bonds is 5. The van der Waals surface area contributed by atoms with E-state index in [9.17, 15) is 61.9 Å². The SMILES string of the molecule is N#CC(c1cc(C(F)(F)F)cc(C(F)(F)F)c1)C1C([N+](=O)[O-])=CC([N+](=O)[O-])=C[C-]1[N+](=O)[O-]. The minimum Gasteiger partial charge on any atom is -0.277 e. The second-order valence-corrected chi connectivity index (χ2v) is 6.26. The first-order valence-electron chi connectivity index (χ1n) is 8.00. The van der Waals surface area contributed by atoms with Crippen LogP contribution in [0.4, 0.5) is 26.3 Å². The molecule has 170 valence electrons. The first-order chi connectivity index (χ1) is 14.6. The molecule has 10 nitrogen and oxygen atoms in total. The first-order valence-corrected chi connectivity index (χ1v) is 8.00. The maximum atomic E-state index is 13.1. The second-order valence-electron chi connectivity index (χ2n) is 6.26. The standard InChI is InChI=1S/C16H7F6N4O6/c17-15(18,19)8-1-7(2-9(3-8)16(20,21)22)11(6-23)14-12(25(29)30)4-10(24(27)28)5-13(14)26(31)32/h1-5,11,14H/q-1. The van der Waals surface area contributed by atoms with Crippen LogP contribution < -0.4 is 0 Å². The molecule has 1 aliphatic carbocycles. The lowest BCUT2D eigenvalue weighted by atomic mass is 9.77. The summed E-state index contributed by atoms with van der Waals surface area (Å²) in [5.41, 5.74) is -7.20. The summed E-state index contributed by atoms with van der Waals surface area (Å²) in [5, 5.41) is 43.2. The third kappa shape index (κ3) is 4.77. The van der Waals surface area contributed by atoms with Gasteiger partial charge in [0.2, 0.25) is 5.70 Å². The number of nitrogens with zero attached hydrogens (tertiary/aromatic N) is 4. The Morgan fingerprint density at radius 2 is 1.44 bits per heavy atom. The molecule has 0 aromatic heterocycles. The van der Waals surface area contributed by atoms with Crippen LogP contribution in [0.25, 0.3) is 0 Å². The van der Waals surface area contributed by atoms with E-state index in [1.165, 1.54) is 6.07 Å². The fraction of sp³-hybridized carbons (Fsp3) is 0.250. The van der Waals surface area contributed by atoms with E-state index in [1.807, 2.05) is 0 Å². The van der Waals surface area contributed by atoms with Crippen molar-refractivity contribution in [3.05, 3.63) is 94.8 Å². The van der Waals surface area contributed by atoms with Gasteiger partial charge in [0.05, 0.1) is 34.0 Å². The normalized spacial score (nSPS) is 17.7. The number of hydrogen-bond acceptors (Lipinski definition) is 7. The van der Waals surface area contributed by atoms with E-state index < -0.39 is 73.1 Å². The van der Waals surface area contributed by atoms with Crippen LogP contribution in [0.3, 0.4) is 0 Å². The van der Waals surface area contributed by atoms with E-state index in [-0.39, 0.29) is 30.4 Å². The number of hydrogen-bond donors (Lipinski definition) is 0. The molecule has 0 aliphatic heterocycles. The average Bonchev–Trinajstić information content (AvgIpc) is 2.66. The highest BCUT2D eigenvalue weighted by Crippen LogP contribution is 2.44. The summed E-state index contributed by atoms with van der Waals surface area (Å²) >= 11 is 0. The molecular formula is C16H7F6N4O6-. The zero-order chi connectivity index (χ0) is 24.6. The maximum Gasteiger partial charge on any atom is 0.416 e. The van der Waals surface area contributed by atoms with E-state index in [1.54, 1.807) is 0 Å². The Hall–Kier alpha value is -4.16. The van der Waals surface area contributed by atoms with E-state index in [0.717, 1.165) is 0 Å². The van der Waals surface area contributed by atoms with Gasteiger partial charge in [-0.15, -0.1) is 0 Å². The third-order valence-electron chi connectivity index (χ3n) is 4.30. The van der Waals surface area contributed by atoms with Crippen molar-refractivity contribution < 1.29 is 41.1 Å². The molecule has 2 atom stereocenters. The molecule has 0 fully saturated rings. The lowest BCUT2D eigenvalue weighted by Crippen LogP contribution is -2.32. The lowest BCUT2D eigenvalue weighted by Gasteiger charge is -2.29. The van der Waals surface area contributed by atoms with Crippen LogP contribution in [0.15, 0.2) is 41.7 Å². The van der Waals surface area contributed by atoms with Crippen LogP contribution in [0.1, 0.15) is 22.6 Å². The summed E-state index contributed by atoms with van der Waals surface area (Å²) < 4.78 is 78.8. The van der Waals surface area contributed by atoms with Crippen molar-refractivity contribution >= 4 is 0 Å². The number of allylic oxidation sites excluding steroid dienone is 1. The van der Waals surface area contributed by atoms with Gasteiger partial charge in [0.25, 0.3) is 0 Å². The molecule has 0 N–H and O–H groups in total. The van der Waals surface area contributed by atoms with Crippen molar-refractivity contribution in [1.82, 2.24) is 0 Å². The molecule has 0 spiro atoms. The summed E-state index contributed by atoms with van der Waals surface area (Å²) in [4.78, 5) is 29.8. The topological polar surface area (TPSA) is 153 Å². The highest BCUT2D eigenvalue weighted by molar-refractivity contribution is 5.42. The predicted octanol–water partition coefficient (Wildman–Crippen LogP) is 4.09. The Balaban J connectivity index is 2.80. The molecule has 1 aromatic rings. The number of alkyl halides is 6. The third-order valence-corrected chi connectivity index (χ3v) is 4.30. The molecule has 0 bridgehead atoms. The van der Waals surface area contributed by atoms with Gasteiger partial charge < -0.3 is 0 Å². The van der Waals surface area contributed by atoms with Gasteiger partial charge >= 0.3 is 12.4 Å². The summed E-state index contributed by atoms with van der Waals surface area (Å²) in [6.07, 6.45) is -10.1. The van der Waals surface area contributed by atoms with Crippen molar-refractivity contribution in [1.29, 1.82) is 5.26 Å². The lowest BCUT2D eigenvalue weighted by molar-refractivity contribution is -0.488. The van der Waals surface area contributed by atoms with Gasteiger partial charge in [-0.25, -0.2) is 0 Å². The van der Waals surface area contributed by atoms with Gasteiger partial charge in [0.15, 0.2) is 0 Å². The molecule has 0 saturated heterocycles. The second kappa shape index (κ2) is 8.17. The van der Waals surface area contributed by atoms with Crippen molar-refractivity contribution in [2.45, 2.75) is 18.3 Å². The molecule has 2 unspecified atom stereocenters. The van der Waals surface area contributed by atoms with Gasteiger partial charge in [-0.2, -0.15) is 31.6 Å². The highest BCUT2D eigenvalue weighted by Gasteiger charge is 2.45. The number of nitriles is 1. The van der Waals surface area contributed by atoms with Gasteiger partial charge in [0, 0.05) is 6.08 Å². The monoisotopic (exact) mass is 465 g/mol. The molecule has 32 heavy (non-hydrogen) atoms. The summed E-state index contributed by atoms with van der Waals surface area (Å²) in [6.45, 7) is 0. The molecule has 0 radical (unpaired) electrons. The van der Waals surface area contributed by atoms with Gasteiger partial charge in [-0.3, -0.25) is 30.3 Å². The average molecular weight is 465 g/mol. The summed E-state index contributed by atoms with van der Waals surface area (Å²) in [7, 11) is 0.